The van der Waals surface area contributed by atoms with Crippen LogP contribution < -0.4 is 11.1 Å². The molecule has 0 aliphatic carbocycles. The molecule has 0 aliphatic rings. The van der Waals surface area contributed by atoms with Gasteiger partial charge in [0.15, 0.2) is 0 Å². The average molecular weight is 366 g/mol. The molecule has 0 aliphatic heterocycles. The van der Waals surface area contributed by atoms with Crippen LogP contribution in [0.3, 0.4) is 0 Å². The van der Waals surface area contributed by atoms with Crippen molar-refractivity contribution >= 4 is 22.7 Å². The maximum absolute atomic E-state index is 13.8. The van der Waals surface area contributed by atoms with Crippen molar-refractivity contribution in [2.75, 3.05) is 12.3 Å². The zero-order chi connectivity index (χ0) is 19.8. The fourth-order valence-electron chi connectivity index (χ4n) is 2.75. The van der Waals surface area contributed by atoms with Gasteiger partial charge in [-0.25, -0.2) is 18.9 Å². The Morgan fingerprint density at radius 2 is 2.04 bits per heavy atom. The fraction of sp³-hybridized carbons (Fsp3) is 0.250. The van der Waals surface area contributed by atoms with Crippen molar-refractivity contribution in [3.8, 4) is 0 Å². The number of nitrogens with one attached hydrogen (secondary N) is 1. The highest BCUT2D eigenvalue weighted by Crippen LogP contribution is 2.26. The predicted molar refractivity (Wildman–Crippen MR) is 107 cm³/mol. The molecular weight excluding hydrogens is 343 g/mol. The summed E-state index contributed by atoms with van der Waals surface area (Å²) < 4.78 is 15.5. The third-order valence-electron chi connectivity index (χ3n) is 4.24. The van der Waals surface area contributed by atoms with Gasteiger partial charge in [0.25, 0.3) is 0 Å². The number of hydrogen-bond donors (Lipinski definition) is 2. The van der Waals surface area contributed by atoms with Gasteiger partial charge in [0, 0.05) is 35.8 Å². The second kappa shape index (κ2) is 6.83. The number of fused-ring (bicyclic) bond motifs is 1. The van der Waals surface area contributed by atoms with Crippen LogP contribution in [0.25, 0.3) is 16.8 Å². The minimum absolute atomic E-state index is 0.164. The fourth-order valence-corrected chi connectivity index (χ4v) is 2.75. The number of alkyl halides is 1. The summed E-state index contributed by atoms with van der Waals surface area (Å²) >= 11 is 0. The van der Waals surface area contributed by atoms with Crippen molar-refractivity contribution in [1.29, 1.82) is 0 Å². The Hall–Kier alpha value is -3.22. The number of nitrogens with two attached hydrogens (primary N) is 1. The molecule has 0 unspecified atom stereocenters. The maximum Gasteiger partial charge on any atom is 0.220 e. The van der Waals surface area contributed by atoms with Crippen LogP contribution in [-0.4, -0.2) is 31.8 Å². The number of anilines is 1. The van der Waals surface area contributed by atoms with Gasteiger partial charge in [-0.2, -0.15) is 5.10 Å². The zero-order valence-electron chi connectivity index (χ0n) is 15.8. The quantitative estimate of drug-likeness (QED) is 0.699. The lowest BCUT2D eigenvalue weighted by Gasteiger charge is -2.17. The Balaban J connectivity index is 1.95. The first-order valence-corrected chi connectivity index (χ1v) is 8.54. The average Bonchev–Trinajstić information content (AvgIpc) is 3.01. The van der Waals surface area contributed by atoms with Crippen molar-refractivity contribution in [2.24, 2.45) is 0 Å². The van der Waals surface area contributed by atoms with Crippen LogP contribution in [0.2, 0.25) is 0 Å². The van der Waals surface area contributed by atoms with Crippen molar-refractivity contribution in [2.45, 2.75) is 26.4 Å². The Labute approximate surface area is 157 Å². The topological polar surface area (TPSA) is 81.1 Å². The smallest absolute Gasteiger partial charge is 0.220 e. The highest BCUT2D eigenvalue weighted by atomic mass is 19.1. The van der Waals surface area contributed by atoms with Crippen LogP contribution in [0.4, 0.5) is 10.3 Å². The minimum atomic E-state index is -1.34. The monoisotopic (exact) mass is 366 g/mol. The van der Waals surface area contributed by atoms with Crippen LogP contribution in [-0.2, 0) is 0 Å². The van der Waals surface area contributed by atoms with Gasteiger partial charge in [-0.3, -0.25) is 0 Å². The van der Waals surface area contributed by atoms with E-state index in [-0.39, 0.29) is 12.5 Å². The molecular formula is C20H23FN6. The van der Waals surface area contributed by atoms with Crippen LogP contribution in [0.15, 0.2) is 43.9 Å². The highest BCUT2D eigenvalue weighted by Gasteiger charge is 2.17. The van der Waals surface area contributed by atoms with Crippen molar-refractivity contribution in [3.05, 3.63) is 66.3 Å². The minimum Gasteiger partial charge on any atom is -0.382 e. The molecule has 3 aromatic heterocycles. The van der Waals surface area contributed by atoms with Crippen LogP contribution in [0.5, 0.6) is 0 Å². The molecule has 0 saturated carbocycles. The van der Waals surface area contributed by atoms with Gasteiger partial charge in [0.05, 0.1) is 17.4 Å². The highest BCUT2D eigenvalue weighted by molar-refractivity contribution is 5.83. The summed E-state index contributed by atoms with van der Waals surface area (Å²) in [7, 11) is 0. The molecule has 0 amide bonds. The SMILES string of the molecule is C=C(c1ccn2ncc(C(=C)NCC(C)(C)F)c2c1)c1cnc(N)nc1C. The number of nitrogens with zero attached hydrogens (tertiary/aromatic N) is 4. The third-order valence-corrected chi connectivity index (χ3v) is 4.24. The molecule has 0 spiro atoms. The number of nitrogen functional groups attached to an aromatic ring is 1. The summed E-state index contributed by atoms with van der Waals surface area (Å²) in [6.07, 6.45) is 5.23. The number of hydrogen-bond acceptors (Lipinski definition) is 5. The number of aromatic nitrogens is 4. The van der Waals surface area contributed by atoms with Crippen molar-refractivity contribution in [1.82, 2.24) is 24.9 Å². The second-order valence-corrected chi connectivity index (χ2v) is 7.06. The molecule has 3 heterocycles. The van der Waals surface area contributed by atoms with E-state index in [0.29, 0.717) is 5.70 Å². The molecule has 7 heteroatoms. The summed E-state index contributed by atoms with van der Waals surface area (Å²) in [5.74, 6) is 0.232. The van der Waals surface area contributed by atoms with Crippen LogP contribution in [0, 0.1) is 6.92 Å². The molecule has 3 N–H and O–H groups in total. The molecule has 3 rings (SSSR count). The predicted octanol–water partition coefficient (Wildman–Crippen LogP) is 3.38. The van der Waals surface area contributed by atoms with Gasteiger partial charge in [-0.15, -0.1) is 0 Å². The van der Waals surface area contributed by atoms with E-state index in [1.807, 2.05) is 25.3 Å². The first-order chi connectivity index (χ1) is 12.7. The lowest BCUT2D eigenvalue weighted by Crippen LogP contribution is -2.29. The Morgan fingerprint density at radius 3 is 2.70 bits per heavy atom. The second-order valence-electron chi connectivity index (χ2n) is 7.06. The van der Waals surface area contributed by atoms with Gasteiger partial charge in [-0.1, -0.05) is 13.2 Å². The van der Waals surface area contributed by atoms with Gasteiger partial charge in [-0.05, 0) is 44.0 Å². The molecule has 27 heavy (non-hydrogen) atoms. The van der Waals surface area contributed by atoms with E-state index in [4.69, 9.17) is 5.73 Å². The Kier molecular flexibility index (Phi) is 4.70. The number of halogens is 1. The number of pyridine rings is 1. The molecule has 0 saturated heterocycles. The summed E-state index contributed by atoms with van der Waals surface area (Å²) in [5, 5.41) is 7.37. The molecule has 0 fully saturated rings. The van der Waals surface area contributed by atoms with Crippen molar-refractivity contribution in [3.63, 3.8) is 0 Å². The summed E-state index contributed by atoms with van der Waals surface area (Å²) in [6, 6.07) is 3.89. The summed E-state index contributed by atoms with van der Waals surface area (Å²) in [4.78, 5) is 8.25. The van der Waals surface area contributed by atoms with Crippen LogP contribution >= 0.6 is 0 Å². The van der Waals surface area contributed by atoms with E-state index in [2.05, 4.69) is 33.5 Å². The van der Waals surface area contributed by atoms with E-state index in [9.17, 15) is 4.39 Å². The Bertz CT molecular complexity index is 1030. The normalized spacial score (nSPS) is 11.6. The lowest BCUT2D eigenvalue weighted by atomic mass is 10.00. The maximum atomic E-state index is 13.8. The van der Waals surface area contributed by atoms with Gasteiger partial charge < -0.3 is 11.1 Å². The Morgan fingerprint density at radius 1 is 1.30 bits per heavy atom. The van der Waals surface area contributed by atoms with E-state index in [1.165, 1.54) is 13.8 Å². The molecule has 0 radical (unpaired) electrons. The standard InChI is InChI=1S/C20H23FN6/c1-12(16-9-23-19(22)26-14(16)3)15-6-7-27-18(8-15)17(10-25-27)13(2)24-11-20(4,5)21/h6-10,24H,1-2,11H2,3-5H3,(H2,22,23,26). The summed E-state index contributed by atoms with van der Waals surface area (Å²) in [6.45, 7) is 13.3. The zero-order valence-corrected chi connectivity index (χ0v) is 15.8. The van der Waals surface area contributed by atoms with E-state index >= 15 is 0 Å². The van der Waals surface area contributed by atoms with E-state index < -0.39 is 5.67 Å². The van der Waals surface area contributed by atoms with E-state index in [0.717, 1.165) is 33.5 Å². The van der Waals surface area contributed by atoms with Gasteiger partial charge in [0.2, 0.25) is 5.95 Å². The largest absolute Gasteiger partial charge is 0.382 e. The molecule has 0 aromatic carbocycles. The first-order valence-electron chi connectivity index (χ1n) is 8.54. The molecule has 3 aromatic rings. The third kappa shape index (κ3) is 3.97. The molecule has 0 bridgehead atoms. The van der Waals surface area contributed by atoms with E-state index in [1.54, 1.807) is 16.9 Å². The van der Waals surface area contributed by atoms with Crippen LogP contribution in [0.1, 0.15) is 36.2 Å². The van der Waals surface area contributed by atoms with Gasteiger partial charge >= 0.3 is 0 Å². The molecule has 140 valence electrons. The molecule has 6 nitrogen and oxygen atoms in total. The summed E-state index contributed by atoms with van der Waals surface area (Å²) in [5.41, 5.74) is 9.83. The lowest BCUT2D eigenvalue weighted by molar-refractivity contribution is 0.219. The number of rotatable bonds is 6. The van der Waals surface area contributed by atoms with Crippen molar-refractivity contribution < 1.29 is 4.39 Å². The number of aryl methyl sites for hydroxylation is 1. The first kappa shape index (κ1) is 18.6. The van der Waals surface area contributed by atoms with Gasteiger partial charge in [0.1, 0.15) is 5.67 Å². The molecule has 0 atom stereocenters.